The van der Waals surface area contributed by atoms with E-state index in [0.29, 0.717) is 0 Å². The zero-order chi connectivity index (χ0) is 14.8. The number of ether oxygens (including phenoxy) is 1. The minimum Gasteiger partial charge on any atom is -0.368 e. The molecule has 0 aliphatic carbocycles. The number of nitrogens with zero attached hydrogens (tertiary/aromatic N) is 3. The summed E-state index contributed by atoms with van der Waals surface area (Å²) >= 11 is 0. The van der Waals surface area contributed by atoms with E-state index in [1.54, 1.807) is 6.33 Å². The molecule has 2 unspecified atom stereocenters. The van der Waals surface area contributed by atoms with Gasteiger partial charge in [0.2, 0.25) is 0 Å². The van der Waals surface area contributed by atoms with Gasteiger partial charge in [0.25, 0.3) is 0 Å². The van der Waals surface area contributed by atoms with Gasteiger partial charge in [0.05, 0.1) is 5.54 Å². The fourth-order valence-corrected chi connectivity index (χ4v) is 4.00. The summed E-state index contributed by atoms with van der Waals surface area (Å²) in [6.45, 7) is 5.24. The summed E-state index contributed by atoms with van der Waals surface area (Å²) in [6.07, 6.45) is 7.48. The molecule has 1 aromatic carbocycles. The van der Waals surface area contributed by atoms with E-state index in [1.165, 1.54) is 5.56 Å². The lowest BCUT2D eigenvalue weighted by Crippen LogP contribution is -2.57. The maximum atomic E-state index is 6.44. The molecular formula is C17H23N3O. The van der Waals surface area contributed by atoms with Crippen molar-refractivity contribution in [1.29, 1.82) is 0 Å². The van der Waals surface area contributed by atoms with Crippen LogP contribution in [0.3, 0.4) is 0 Å². The molecule has 21 heavy (non-hydrogen) atoms. The van der Waals surface area contributed by atoms with E-state index in [0.717, 1.165) is 32.3 Å². The van der Waals surface area contributed by atoms with E-state index in [9.17, 15) is 0 Å². The quantitative estimate of drug-likeness (QED) is 0.863. The first-order valence-corrected chi connectivity index (χ1v) is 7.83. The Bertz CT molecular complexity index is 569. The summed E-state index contributed by atoms with van der Waals surface area (Å²) in [7, 11) is 0. The molecule has 1 aromatic heterocycles. The van der Waals surface area contributed by atoms with Crippen LogP contribution in [0.2, 0.25) is 0 Å². The molecule has 1 saturated heterocycles. The van der Waals surface area contributed by atoms with Gasteiger partial charge in [-0.15, -0.1) is 0 Å². The number of rotatable bonds is 4. The van der Waals surface area contributed by atoms with E-state index in [2.05, 4.69) is 54.3 Å². The smallest absolute Gasteiger partial charge is 0.137 e. The first-order chi connectivity index (χ1) is 10.3. The molecule has 0 spiro atoms. The second kappa shape index (κ2) is 5.60. The van der Waals surface area contributed by atoms with E-state index in [1.807, 2.05) is 11.0 Å². The molecule has 0 N–H and O–H groups in total. The highest BCUT2D eigenvalue weighted by atomic mass is 16.5. The molecule has 1 fully saturated rings. The Morgan fingerprint density at radius 3 is 2.62 bits per heavy atom. The second-order valence-corrected chi connectivity index (χ2v) is 5.72. The molecule has 0 saturated carbocycles. The van der Waals surface area contributed by atoms with Crippen LogP contribution in [0, 0.1) is 0 Å². The molecule has 2 heterocycles. The summed E-state index contributed by atoms with van der Waals surface area (Å²) < 4.78 is 8.47. The normalized spacial score (nSPS) is 29.4. The first kappa shape index (κ1) is 14.3. The topological polar surface area (TPSA) is 39.9 Å². The molecule has 1 aliphatic rings. The van der Waals surface area contributed by atoms with Crippen LogP contribution < -0.4 is 0 Å². The highest BCUT2D eigenvalue weighted by Crippen LogP contribution is 2.51. The molecule has 2 aromatic rings. The van der Waals surface area contributed by atoms with Crippen LogP contribution in [0.25, 0.3) is 0 Å². The van der Waals surface area contributed by atoms with Gasteiger partial charge in [-0.2, -0.15) is 5.10 Å². The van der Waals surface area contributed by atoms with E-state index >= 15 is 0 Å². The molecule has 4 heteroatoms. The summed E-state index contributed by atoms with van der Waals surface area (Å²) in [6, 6.07) is 10.6. The van der Waals surface area contributed by atoms with E-state index in [-0.39, 0.29) is 11.1 Å². The zero-order valence-corrected chi connectivity index (χ0v) is 12.8. The predicted octanol–water partition coefficient (Wildman–Crippen LogP) is 3.50. The third kappa shape index (κ3) is 2.01. The number of hydrogen-bond acceptors (Lipinski definition) is 3. The summed E-state index contributed by atoms with van der Waals surface area (Å²) in [5.41, 5.74) is 0.733. The van der Waals surface area contributed by atoms with Crippen LogP contribution in [0.4, 0.5) is 0 Å². The highest BCUT2D eigenvalue weighted by molar-refractivity contribution is 5.28. The summed E-state index contributed by atoms with van der Waals surface area (Å²) in [4.78, 5) is 4.18. The summed E-state index contributed by atoms with van der Waals surface area (Å²) in [5.74, 6) is 0. The van der Waals surface area contributed by atoms with Gasteiger partial charge in [-0.1, -0.05) is 44.2 Å². The van der Waals surface area contributed by atoms with Gasteiger partial charge in [-0.05, 0) is 31.2 Å². The predicted molar refractivity (Wildman–Crippen MR) is 81.9 cm³/mol. The van der Waals surface area contributed by atoms with E-state index < -0.39 is 0 Å². The lowest BCUT2D eigenvalue weighted by atomic mass is 9.67. The Hall–Kier alpha value is -1.68. The van der Waals surface area contributed by atoms with Crippen molar-refractivity contribution in [3.63, 3.8) is 0 Å². The fourth-order valence-electron chi connectivity index (χ4n) is 4.00. The molecule has 0 bridgehead atoms. The molecule has 4 nitrogen and oxygen atoms in total. The van der Waals surface area contributed by atoms with Gasteiger partial charge in [0.15, 0.2) is 0 Å². The van der Waals surface area contributed by atoms with Gasteiger partial charge in [-0.25, -0.2) is 9.67 Å². The van der Waals surface area contributed by atoms with Gasteiger partial charge in [0, 0.05) is 6.61 Å². The van der Waals surface area contributed by atoms with Gasteiger partial charge in [0.1, 0.15) is 18.3 Å². The minimum absolute atomic E-state index is 0.169. The monoisotopic (exact) mass is 285 g/mol. The van der Waals surface area contributed by atoms with Crippen molar-refractivity contribution in [2.45, 2.75) is 50.7 Å². The molecule has 0 amide bonds. The van der Waals surface area contributed by atoms with Crippen LogP contribution in [-0.4, -0.2) is 21.4 Å². The lowest BCUT2D eigenvalue weighted by molar-refractivity contribution is -0.178. The SMILES string of the molecule is CCC1(c2ccccc2)OCCCC1(CC)n1cncn1. The second-order valence-electron chi connectivity index (χ2n) is 5.72. The molecule has 0 radical (unpaired) electrons. The number of hydrogen-bond donors (Lipinski definition) is 0. The highest BCUT2D eigenvalue weighted by Gasteiger charge is 2.55. The van der Waals surface area contributed by atoms with Crippen LogP contribution in [0.5, 0.6) is 0 Å². The maximum Gasteiger partial charge on any atom is 0.137 e. The molecule has 1 aliphatic heterocycles. The largest absolute Gasteiger partial charge is 0.368 e. The van der Waals surface area contributed by atoms with Crippen LogP contribution >= 0.6 is 0 Å². The van der Waals surface area contributed by atoms with Crippen molar-refractivity contribution in [2.75, 3.05) is 6.61 Å². The summed E-state index contributed by atoms with van der Waals surface area (Å²) in [5, 5.41) is 4.48. The van der Waals surface area contributed by atoms with Gasteiger partial charge < -0.3 is 4.74 Å². The Morgan fingerprint density at radius 2 is 2.00 bits per heavy atom. The first-order valence-electron chi connectivity index (χ1n) is 7.83. The maximum absolute atomic E-state index is 6.44. The minimum atomic E-state index is -0.338. The van der Waals surface area contributed by atoms with Crippen molar-refractivity contribution in [3.8, 4) is 0 Å². The number of benzene rings is 1. The Morgan fingerprint density at radius 1 is 1.19 bits per heavy atom. The Kier molecular flexibility index (Phi) is 3.81. The average Bonchev–Trinajstić information content (AvgIpc) is 3.10. The van der Waals surface area contributed by atoms with Crippen molar-refractivity contribution < 1.29 is 4.74 Å². The third-order valence-electron chi connectivity index (χ3n) is 5.02. The molecule has 3 rings (SSSR count). The lowest BCUT2D eigenvalue weighted by Gasteiger charge is -2.53. The Labute approximate surface area is 126 Å². The molecule has 2 atom stereocenters. The third-order valence-corrected chi connectivity index (χ3v) is 5.02. The van der Waals surface area contributed by atoms with Crippen molar-refractivity contribution in [3.05, 3.63) is 48.5 Å². The Balaban J connectivity index is 2.20. The number of aromatic nitrogens is 3. The van der Waals surface area contributed by atoms with Gasteiger partial charge in [-0.3, -0.25) is 0 Å². The van der Waals surface area contributed by atoms with Crippen molar-refractivity contribution in [1.82, 2.24) is 14.8 Å². The van der Waals surface area contributed by atoms with E-state index in [4.69, 9.17) is 4.74 Å². The molecular weight excluding hydrogens is 262 g/mol. The van der Waals surface area contributed by atoms with Crippen molar-refractivity contribution >= 4 is 0 Å². The van der Waals surface area contributed by atoms with Crippen LogP contribution in [0.15, 0.2) is 43.0 Å². The standard InChI is InChI=1S/C17H23N3O/c1-3-16(20-14-18-13-19-20)11-8-12-21-17(16,4-2)15-9-6-5-7-10-15/h5-7,9-10,13-14H,3-4,8,11-12H2,1-2H3. The van der Waals surface area contributed by atoms with Gasteiger partial charge >= 0.3 is 0 Å². The fraction of sp³-hybridized carbons (Fsp3) is 0.529. The zero-order valence-electron chi connectivity index (χ0n) is 12.8. The van der Waals surface area contributed by atoms with Crippen LogP contribution in [0.1, 0.15) is 45.1 Å². The van der Waals surface area contributed by atoms with Crippen molar-refractivity contribution in [2.24, 2.45) is 0 Å². The van der Waals surface area contributed by atoms with Crippen LogP contribution in [-0.2, 0) is 15.9 Å². The average molecular weight is 285 g/mol. The molecule has 112 valence electrons.